The molecule has 0 radical (unpaired) electrons. The molecule has 2 N–H and O–H groups in total. The van der Waals surface area contributed by atoms with Crippen molar-refractivity contribution in [2.75, 3.05) is 6.61 Å². The van der Waals surface area contributed by atoms with Gasteiger partial charge in [0.1, 0.15) is 5.75 Å². The van der Waals surface area contributed by atoms with E-state index in [2.05, 4.69) is 11.9 Å². The van der Waals surface area contributed by atoms with Gasteiger partial charge in [0.2, 0.25) is 0 Å². The topological polar surface area (TPSA) is 65.2 Å². The molecule has 0 saturated carbocycles. The van der Waals surface area contributed by atoms with Crippen LogP contribution in [0.4, 0.5) is 0 Å². The molecule has 0 aliphatic rings. The van der Waals surface area contributed by atoms with Crippen molar-refractivity contribution in [1.29, 1.82) is 0 Å². The third-order valence-corrected chi connectivity index (χ3v) is 2.68. The zero-order chi connectivity index (χ0) is 13.4. The second kappa shape index (κ2) is 7.82. The van der Waals surface area contributed by atoms with Crippen molar-refractivity contribution in [3.05, 3.63) is 24.0 Å². The molecule has 4 nitrogen and oxygen atoms in total. The van der Waals surface area contributed by atoms with Crippen LogP contribution in [0, 0.1) is 0 Å². The Morgan fingerprint density at radius 2 is 2.17 bits per heavy atom. The van der Waals surface area contributed by atoms with Crippen LogP contribution in [0.1, 0.15) is 49.9 Å². The van der Waals surface area contributed by atoms with Crippen molar-refractivity contribution in [3.63, 3.8) is 0 Å². The summed E-state index contributed by atoms with van der Waals surface area (Å²) in [6, 6.07) is 1.28. The van der Waals surface area contributed by atoms with Gasteiger partial charge in [-0.05, 0) is 18.9 Å². The number of carbonyl (C=O) groups excluding carboxylic acids is 1. The number of pyridine rings is 1. The highest BCUT2D eigenvalue weighted by Crippen LogP contribution is 2.14. The van der Waals surface area contributed by atoms with Crippen molar-refractivity contribution >= 4 is 5.78 Å². The van der Waals surface area contributed by atoms with Gasteiger partial charge in [0.25, 0.3) is 0 Å². The number of unbranched alkanes of at least 4 members (excludes halogenated alkanes) is 1. The highest BCUT2D eigenvalue weighted by Gasteiger charge is 2.16. The summed E-state index contributed by atoms with van der Waals surface area (Å²) >= 11 is 0. The molecule has 4 heteroatoms. The minimum absolute atomic E-state index is 0.0575. The number of rotatable bonds is 8. The van der Waals surface area contributed by atoms with E-state index in [4.69, 9.17) is 10.5 Å². The predicted octanol–water partition coefficient (Wildman–Crippen LogP) is 2.57. The largest absolute Gasteiger partial charge is 0.492 e. The highest BCUT2D eigenvalue weighted by molar-refractivity contribution is 5.99. The van der Waals surface area contributed by atoms with Crippen molar-refractivity contribution in [2.45, 2.75) is 45.6 Å². The number of hydrogen-bond donors (Lipinski definition) is 1. The second-order valence-electron chi connectivity index (χ2n) is 4.37. The lowest BCUT2D eigenvalue weighted by molar-refractivity contribution is 0.0955. The SMILES string of the molecule is CCCCC(N)C(=O)c1cncc(OCCC)c1. The van der Waals surface area contributed by atoms with Crippen LogP contribution >= 0.6 is 0 Å². The van der Waals surface area contributed by atoms with Crippen molar-refractivity contribution in [1.82, 2.24) is 4.98 Å². The van der Waals surface area contributed by atoms with Crippen molar-refractivity contribution < 1.29 is 9.53 Å². The Kier molecular flexibility index (Phi) is 6.36. The number of nitrogens with zero attached hydrogens (tertiary/aromatic N) is 1. The van der Waals surface area contributed by atoms with E-state index in [9.17, 15) is 4.79 Å². The van der Waals surface area contributed by atoms with Gasteiger partial charge >= 0.3 is 0 Å². The first-order chi connectivity index (χ1) is 8.69. The van der Waals surface area contributed by atoms with E-state index in [1.165, 1.54) is 0 Å². The van der Waals surface area contributed by atoms with Crippen LogP contribution < -0.4 is 10.5 Å². The Bertz CT molecular complexity index is 380. The molecule has 0 bridgehead atoms. The van der Waals surface area contributed by atoms with E-state index in [0.717, 1.165) is 25.7 Å². The quantitative estimate of drug-likeness (QED) is 0.720. The molecule has 0 aliphatic heterocycles. The number of carbonyl (C=O) groups is 1. The fourth-order valence-electron chi connectivity index (χ4n) is 1.62. The van der Waals surface area contributed by atoms with Gasteiger partial charge in [0.15, 0.2) is 5.78 Å². The van der Waals surface area contributed by atoms with Gasteiger partial charge in [-0.2, -0.15) is 0 Å². The number of hydrogen-bond acceptors (Lipinski definition) is 4. The Labute approximate surface area is 109 Å². The fourth-order valence-corrected chi connectivity index (χ4v) is 1.62. The van der Waals surface area contributed by atoms with E-state index >= 15 is 0 Å². The summed E-state index contributed by atoms with van der Waals surface area (Å²) in [5.41, 5.74) is 6.40. The Balaban J connectivity index is 2.67. The minimum Gasteiger partial charge on any atom is -0.492 e. The average molecular weight is 250 g/mol. The van der Waals surface area contributed by atoms with Crippen LogP contribution in [0.25, 0.3) is 0 Å². The van der Waals surface area contributed by atoms with Crippen molar-refractivity contribution in [2.24, 2.45) is 5.73 Å². The summed E-state index contributed by atoms with van der Waals surface area (Å²) in [6.45, 7) is 4.74. The molecule has 1 unspecified atom stereocenters. The standard InChI is InChI=1S/C14H22N2O2/c1-3-5-6-13(15)14(17)11-8-12(10-16-9-11)18-7-4-2/h8-10,13H,3-7,15H2,1-2H3. The Morgan fingerprint density at radius 1 is 1.39 bits per heavy atom. The molecule has 0 spiro atoms. The van der Waals surface area contributed by atoms with Crippen LogP contribution in [0.15, 0.2) is 18.5 Å². The molecule has 1 aromatic rings. The van der Waals surface area contributed by atoms with Crippen LogP contribution in [0.3, 0.4) is 0 Å². The van der Waals surface area contributed by atoms with Crippen LogP contribution in [0.5, 0.6) is 5.75 Å². The molecule has 1 heterocycles. The Morgan fingerprint density at radius 3 is 2.83 bits per heavy atom. The van der Waals surface area contributed by atoms with Gasteiger partial charge in [-0.25, -0.2) is 0 Å². The monoisotopic (exact) mass is 250 g/mol. The number of ether oxygens (including phenoxy) is 1. The number of nitrogens with two attached hydrogens (primary N) is 1. The number of aromatic nitrogens is 1. The first-order valence-corrected chi connectivity index (χ1v) is 6.56. The van der Waals surface area contributed by atoms with Crippen molar-refractivity contribution in [3.8, 4) is 5.75 Å². The zero-order valence-corrected chi connectivity index (χ0v) is 11.2. The summed E-state index contributed by atoms with van der Waals surface area (Å²) in [6.07, 6.45) is 6.81. The van der Waals surface area contributed by atoms with E-state index < -0.39 is 6.04 Å². The molecular formula is C14H22N2O2. The maximum absolute atomic E-state index is 12.1. The van der Waals surface area contributed by atoms with E-state index in [0.29, 0.717) is 17.9 Å². The lowest BCUT2D eigenvalue weighted by Crippen LogP contribution is -2.30. The first kappa shape index (κ1) is 14.6. The fraction of sp³-hybridized carbons (Fsp3) is 0.571. The van der Waals surface area contributed by atoms with Gasteiger partial charge in [0.05, 0.1) is 18.8 Å². The number of ketones is 1. The molecule has 1 atom stereocenters. The third-order valence-electron chi connectivity index (χ3n) is 2.68. The van der Waals surface area contributed by atoms with Gasteiger partial charge in [-0.15, -0.1) is 0 Å². The van der Waals surface area contributed by atoms with Crippen LogP contribution in [-0.2, 0) is 0 Å². The van der Waals surface area contributed by atoms with Gasteiger partial charge in [0, 0.05) is 11.8 Å². The van der Waals surface area contributed by atoms with Crippen LogP contribution in [-0.4, -0.2) is 23.4 Å². The van der Waals surface area contributed by atoms with Gasteiger partial charge < -0.3 is 10.5 Å². The zero-order valence-electron chi connectivity index (χ0n) is 11.2. The lowest BCUT2D eigenvalue weighted by Gasteiger charge is -2.10. The molecule has 100 valence electrons. The summed E-state index contributed by atoms with van der Waals surface area (Å²) < 4.78 is 5.45. The van der Waals surface area contributed by atoms with E-state index in [-0.39, 0.29) is 5.78 Å². The molecule has 1 rings (SSSR count). The van der Waals surface area contributed by atoms with E-state index in [1.54, 1.807) is 18.5 Å². The third kappa shape index (κ3) is 4.45. The molecule has 0 amide bonds. The maximum Gasteiger partial charge on any atom is 0.181 e. The minimum atomic E-state index is -0.437. The normalized spacial score (nSPS) is 12.2. The average Bonchev–Trinajstić information content (AvgIpc) is 2.42. The van der Waals surface area contributed by atoms with Gasteiger partial charge in [-0.3, -0.25) is 9.78 Å². The molecular weight excluding hydrogens is 228 g/mol. The molecule has 0 saturated heterocycles. The predicted molar refractivity (Wildman–Crippen MR) is 71.9 cm³/mol. The molecule has 18 heavy (non-hydrogen) atoms. The summed E-state index contributed by atoms with van der Waals surface area (Å²) in [5.74, 6) is 0.572. The lowest BCUT2D eigenvalue weighted by atomic mass is 10.0. The molecule has 1 aromatic heterocycles. The number of Topliss-reactive ketones (excluding diaryl/α,β-unsaturated/α-hetero) is 1. The van der Waals surface area contributed by atoms with Crippen LogP contribution in [0.2, 0.25) is 0 Å². The van der Waals surface area contributed by atoms with E-state index in [1.807, 2.05) is 6.92 Å². The van der Waals surface area contributed by atoms with Gasteiger partial charge in [-0.1, -0.05) is 26.7 Å². The smallest absolute Gasteiger partial charge is 0.181 e. The Hall–Kier alpha value is -1.42. The first-order valence-electron chi connectivity index (χ1n) is 6.56. The second-order valence-corrected chi connectivity index (χ2v) is 4.37. The molecule has 0 fully saturated rings. The molecule has 0 aliphatic carbocycles. The molecule has 0 aromatic carbocycles. The summed E-state index contributed by atoms with van der Waals surface area (Å²) in [5, 5.41) is 0. The highest BCUT2D eigenvalue weighted by atomic mass is 16.5. The summed E-state index contributed by atoms with van der Waals surface area (Å²) in [4.78, 5) is 16.1. The maximum atomic E-state index is 12.1. The summed E-state index contributed by atoms with van der Waals surface area (Å²) in [7, 11) is 0.